The van der Waals surface area contributed by atoms with Crippen LogP contribution in [0, 0.1) is 5.92 Å². The number of aromatic nitrogens is 1. The van der Waals surface area contributed by atoms with Gasteiger partial charge in [-0.2, -0.15) is 0 Å². The fourth-order valence-corrected chi connectivity index (χ4v) is 2.18. The quantitative estimate of drug-likeness (QED) is 0.794. The van der Waals surface area contributed by atoms with Gasteiger partial charge in [-0.05, 0) is 59.8 Å². The summed E-state index contributed by atoms with van der Waals surface area (Å²) in [5.41, 5.74) is 1.18. The fourth-order valence-electron chi connectivity index (χ4n) is 1.95. The second-order valence-electron chi connectivity index (χ2n) is 4.65. The summed E-state index contributed by atoms with van der Waals surface area (Å²) in [6.45, 7) is 5.69. The van der Waals surface area contributed by atoms with Crippen molar-refractivity contribution in [3.8, 4) is 0 Å². The third-order valence-electron chi connectivity index (χ3n) is 2.93. The zero-order valence-electron chi connectivity index (χ0n) is 9.82. The first-order valence-corrected chi connectivity index (χ1v) is 6.90. The first kappa shape index (κ1) is 12.1. The summed E-state index contributed by atoms with van der Waals surface area (Å²) in [7, 11) is 0. The van der Waals surface area contributed by atoms with Crippen LogP contribution in [-0.4, -0.2) is 23.0 Å². The Kier molecular flexibility index (Phi) is 4.36. The van der Waals surface area contributed by atoms with Crippen LogP contribution in [0.25, 0.3) is 0 Å². The van der Waals surface area contributed by atoms with Gasteiger partial charge in [-0.25, -0.2) is 0 Å². The smallest absolute Gasteiger partial charge is 0.0544 e. The van der Waals surface area contributed by atoms with E-state index in [4.69, 9.17) is 0 Å². The normalized spacial score (nSPS) is 15.7. The van der Waals surface area contributed by atoms with Crippen LogP contribution in [0.5, 0.6) is 0 Å². The molecular weight excluding hydrogens is 264 g/mol. The summed E-state index contributed by atoms with van der Waals surface area (Å²) in [6.07, 6.45) is 5.96. The monoisotopic (exact) mass is 282 g/mol. The van der Waals surface area contributed by atoms with Crippen LogP contribution >= 0.6 is 15.9 Å². The minimum Gasteiger partial charge on any atom is -0.297 e. The lowest BCUT2D eigenvalue weighted by molar-refractivity contribution is 0.252. The molecule has 2 rings (SSSR count). The van der Waals surface area contributed by atoms with Gasteiger partial charge in [0.2, 0.25) is 0 Å². The standard InChI is InChI=1S/C13H19BrN2/c1-2-7-16(9-11-3-4-11)10-13-6-5-12(14)8-15-13/h5-6,8,11H,2-4,7,9-10H2,1H3. The van der Waals surface area contributed by atoms with Crippen molar-refractivity contribution in [2.24, 2.45) is 5.92 Å². The van der Waals surface area contributed by atoms with Crippen molar-refractivity contribution in [1.82, 2.24) is 9.88 Å². The molecule has 0 unspecified atom stereocenters. The summed E-state index contributed by atoms with van der Waals surface area (Å²) in [4.78, 5) is 6.98. The first-order valence-electron chi connectivity index (χ1n) is 6.10. The molecule has 2 nitrogen and oxygen atoms in total. The molecule has 1 aromatic heterocycles. The van der Waals surface area contributed by atoms with Crippen molar-refractivity contribution in [1.29, 1.82) is 0 Å². The summed E-state index contributed by atoms with van der Waals surface area (Å²) < 4.78 is 1.06. The summed E-state index contributed by atoms with van der Waals surface area (Å²) in [5.74, 6) is 0.960. The van der Waals surface area contributed by atoms with Crippen molar-refractivity contribution in [3.63, 3.8) is 0 Å². The van der Waals surface area contributed by atoms with Gasteiger partial charge in [0.05, 0.1) is 5.69 Å². The van der Waals surface area contributed by atoms with Crippen molar-refractivity contribution in [3.05, 3.63) is 28.5 Å². The average molecular weight is 283 g/mol. The van der Waals surface area contributed by atoms with Crippen molar-refractivity contribution < 1.29 is 0 Å². The molecule has 0 amide bonds. The summed E-state index contributed by atoms with van der Waals surface area (Å²) in [5, 5.41) is 0. The SMILES string of the molecule is CCCN(Cc1ccc(Br)cn1)CC1CC1. The van der Waals surface area contributed by atoms with Gasteiger partial charge in [-0.15, -0.1) is 0 Å². The van der Waals surface area contributed by atoms with Crippen LogP contribution in [0.4, 0.5) is 0 Å². The van der Waals surface area contributed by atoms with Gasteiger partial charge in [-0.1, -0.05) is 6.92 Å². The van der Waals surface area contributed by atoms with E-state index in [0.29, 0.717) is 0 Å². The molecule has 16 heavy (non-hydrogen) atoms. The summed E-state index contributed by atoms with van der Waals surface area (Å²) in [6, 6.07) is 4.18. The molecular formula is C13H19BrN2. The highest BCUT2D eigenvalue weighted by molar-refractivity contribution is 9.10. The number of halogens is 1. The molecule has 1 aliphatic rings. The molecule has 1 aliphatic carbocycles. The maximum absolute atomic E-state index is 4.44. The molecule has 1 aromatic rings. The lowest BCUT2D eigenvalue weighted by Gasteiger charge is -2.20. The number of nitrogens with zero attached hydrogens (tertiary/aromatic N) is 2. The lowest BCUT2D eigenvalue weighted by Crippen LogP contribution is -2.26. The van der Waals surface area contributed by atoms with Gasteiger partial charge in [0.25, 0.3) is 0 Å². The van der Waals surface area contributed by atoms with E-state index in [0.717, 1.165) is 16.9 Å². The number of pyridine rings is 1. The highest BCUT2D eigenvalue weighted by Crippen LogP contribution is 2.30. The molecule has 0 bridgehead atoms. The third kappa shape index (κ3) is 3.87. The van der Waals surface area contributed by atoms with E-state index >= 15 is 0 Å². The molecule has 0 aromatic carbocycles. The van der Waals surface area contributed by atoms with Gasteiger partial charge >= 0.3 is 0 Å². The Labute approximate surface area is 106 Å². The highest BCUT2D eigenvalue weighted by Gasteiger charge is 2.23. The van der Waals surface area contributed by atoms with Gasteiger partial charge in [0.1, 0.15) is 0 Å². The van der Waals surface area contributed by atoms with Crippen molar-refractivity contribution in [2.45, 2.75) is 32.7 Å². The maximum atomic E-state index is 4.44. The molecule has 0 N–H and O–H groups in total. The highest BCUT2D eigenvalue weighted by atomic mass is 79.9. The van der Waals surface area contributed by atoms with Crippen LogP contribution in [0.3, 0.4) is 0 Å². The van der Waals surface area contributed by atoms with Crippen LogP contribution in [-0.2, 0) is 6.54 Å². The topological polar surface area (TPSA) is 16.1 Å². The molecule has 1 saturated carbocycles. The van der Waals surface area contributed by atoms with Crippen LogP contribution in [0.1, 0.15) is 31.9 Å². The van der Waals surface area contributed by atoms with E-state index in [-0.39, 0.29) is 0 Å². The van der Waals surface area contributed by atoms with E-state index < -0.39 is 0 Å². The predicted molar refractivity (Wildman–Crippen MR) is 70.2 cm³/mol. The Bertz CT molecular complexity index is 319. The van der Waals surface area contributed by atoms with E-state index in [1.165, 1.54) is 38.0 Å². The molecule has 1 fully saturated rings. The van der Waals surface area contributed by atoms with Gasteiger partial charge in [0, 0.05) is 23.8 Å². The zero-order valence-corrected chi connectivity index (χ0v) is 11.4. The van der Waals surface area contributed by atoms with Gasteiger partial charge in [0.15, 0.2) is 0 Å². The first-order chi connectivity index (χ1) is 7.78. The Morgan fingerprint density at radius 1 is 1.44 bits per heavy atom. The van der Waals surface area contributed by atoms with E-state index in [1.807, 2.05) is 6.20 Å². The molecule has 1 heterocycles. The third-order valence-corrected chi connectivity index (χ3v) is 3.40. The maximum Gasteiger partial charge on any atom is 0.0544 e. The molecule has 0 atom stereocenters. The Balaban J connectivity index is 1.90. The van der Waals surface area contributed by atoms with E-state index in [1.54, 1.807) is 0 Å². The molecule has 0 spiro atoms. The molecule has 88 valence electrons. The average Bonchev–Trinajstić information content (AvgIpc) is 3.06. The number of rotatable bonds is 6. The van der Waals surface area contributed by atoms with Crippen LogP contribution < -0.4 is 0 Å². The Morgan fingerprint density at radius 3 is 2.81 bits per heavy atom. The van der Waals surface area contributed by atoms with E-state index in [2.05, 4.69) is 44.9 Å². The lowest BCUT2D eigenvalue weighted by atomic mass is 10.3. The summed E-state index contributed by atoms with van der Waals surface area (Å²) >= 11 is 3.42. The van der Waals surface area contributed by atoms with Crippen molar-refractivity contribution in [2.75, 3.05) is 13.1 Å². The van der Waals surface area contributed by atoms with Crippen LogP contribution in [0.15, 0.2) is 22.8 Å². The Hall–Kier alpha value is -0.410. The minimum atomic E-state index is 0.960. The number of hydrogen-bond donors (Lipinski definition) is 0. The van der Waals surface area contributed by atoms with Gasteiger partial charge in [-0.3, -0.25) is 9.88 Å². The molecule has 0 aliphatic heterocycles. The molecule has 0 radical (unpaired) electrons. The largest absolute Gasteiger partial charge is 0.297 e. The van der Waals surface area contributed by atoms with Crippen LogP contribution in [0.2, 0.25) is 0 Å². The van der Waals surface area contributed by atoms with Crippen molar-refractivity contribution >= 4 is 15.9 Å². The second kappa shape index (κ2) is 5.78. The minimum absolute atomic E-state index is 0.960. The number of hydrogen-bond acceptors (Lipinski definition) is 2. The van der Waals surface area contributed by atoms with Gasteiger partial charge < -0.3 is 0 Å². The second-order valence-corrected chi connectivity index (χ2v) is 5.56. The van der Waals surface area contributed by atoms with E-state index in [9.17, 15) is 0 Å². The predicted octanol–water partition coefficient (Wildman–Crippen LogP) is 3.47. The Morgan fingerprint density at radius 2 is 2.25 bits per heavy atom. The fraction of sp³-hybridized carbons (Fsp3) is 0.615. The molecule has 0 saturated heterocycles. The zero-order chi connectivity index (χ0) is 11.4. The molecule has 3 heteroatoms.